The van der Waals surface area contributed by atoms with Crippen LogP contribution in [0.25, 0.3) is 0 Å². The fourth-order valence-corrected chi connectivity index (χ4v) is 3.81. The van der Waals surface area contributed by atoms with Crippen LogP contribution in [0.2, 0.25) is 0 Å². The van der Waals surface area contributed by atoms with Crippen molar-refractivity contribution in [1.82, 2.24) is 19.8 Å². The number of imidazole rings is 1. The van der Waals surface area contributed by atoms with Crippen LogP contribution in [-0.4, -0.2) is 65.3 Å². The van der Waals surface area contributed by atoms with Crippen LogP contribution in [-0.2, 0) is 16.1 Å². The minimum atomic E-state index is -0.288. The number of hydrogen-bond acceptors (Lipinski definition) is 5. The van der Waals surface area contributed by atoms with Crippen molar-refractivity contribution in [1.29, 1.82) is 0 Å². The summed E-state index contributed by atoms with van der Waals surface area (Å²) in [5, 5.41) is 0. The Kier molecular flexibility index (Phi) is 5.69. The molecule has 0 bridgehead atoms. The van der Waals surface area contributed by atoms with Gasteiger partial charge in [-0.1, -0.05) is 30.3 Å². The SMILES string of the molecule is O=C(OCc1ccccc1)N1CCN(CC2CCOC2)CC1c1ncc[nH]1. The summed E-state index contributed by atoms with van der Waals surface area (Å²) in [7, 11) is 0. The monoisotopic (exact) mass is 370 g/mol. The number of nitrogens with one attached hydrogen (secondary N) is 1. The van der Waals surface area contributed by atoms with E-state index in [-0.39, 0.29) is 18.7 Å². The number of ether oxygens (including phenoxy) is 2. The molecule has 3 heterocycles. The molecule has 2 atom stereocenters. The summed E-state index contributed by atoms with van der Waals surface area (Å²) in [6.07, 6.45) is 4.35. The Labute approximate surface area is 159 Å². The first-order valence-electron chi connectivity index (χ1n) is 9.56. The highest BCUT2D eigenvalue weighted by molar-refractivity contribution is 5.68. The maximum absolute atomic E-state index is 12.8. The van der Waals surface area contributed by atoms with Gasteiger partial charge in [0.2, 0.25) is 0 Å². The average molecular weight is 370 g/mol. The zero-order valence-electron chi connectivity index (χ0n) is 15.4. The molecule has 0 saturated carbocycles. The molecule has 1 N–H and O–H groups in total. The van der Waals surface area contributed by atoms with Crippen molar-refractivity contribution in [3.8, 4) is 0 Å². The van der Waals surface area contributed by atoms with Gasteiger partial charge in [0.05, 0.1) is 6.61 Å². The summed E-state index contributed by atoms with van der Waals surface area (Å²) in [5.74, 6) is 1.39. The third-order valence-corrected chi connectivity index (χ3v) is 5.28. The largest absolute Gasteiger partial charge is 0.445 e. The highest BCUT2D eigenvalue weighted by Crippen LogP contribution is 2.25. The maximum Gasteiger partial charge on any atom is 0.410 e. The topological polar surface area (TPSA) is 70.7 Å². The Morgan fingerprint density at radius 3 is 2.93 bits per heavy atom. The van der Waals surface area contributed by atoms with Crippen LogP contribution in [0.3, 0.4) is 0 Å². The number of carbonyl (C=O) groups is 1. The van der Waals surface area contributed by atoms with Crippen molar-refractivity contribution in [3.05, 3.63) is 54.1 Å². The van der Waals surface area contributed by atoms with Gasteiger partial charge in [-0.2, -0.15) is 0 Å². The summed E-state index contributed by atoms with van der Waals surface area (Å²) in [4.78, 5) is 24.5. The van der Waals surface area contributed by atoms with Gasteiger partial charge in [0.15, 0.2) is 0 Å². The molecule has 2 aromatic rings. The Morgan fingerprint density at radius 2 is 2.19 bits per heavy atom. The molecule has 1 aromatic heterocycles. The molecule has 2 aliphatic rings. The number of aromatic amines is 1. The Balaban J connectivity index is 1.40. The normalized spacial score (nSPS) is 23.5. The Bertz CT molecular complexity index is 716. The molecule has 2 fully saturated rings. The van der Waals surface area contributed by atoms with Crippen LogP contribution in [0.5, 0.6) is 0 Å². The summed E-state index contributed by atoms with van der Waals surface area (Å²) < 4.78 is 11.1. The van der Waals surface area contributed by atoms with E-state index in [0.29, 0.717) is 12.5 Å². The van der Waals surface area contributed by atoms with Gasteiger partial charge in [0.1, 0.15) is 18.5 Å². The van der Waals surface area contributed by atoms with Crippen LogP contribution in [0.15, 0.2) is 42.7 Å². The lowest BCUT2D eigenvalue weighted by atomic mass is 10.1. The van der Waals surface area contributed by atoms with E-state index in [1.165, 1.54) is 0 Å². The molecule has 1 aromatic carbocycles. The summed E-state index contributed by atoms with van der Waals surface area (Å²) in [5.41, 5.74) is 0.986. The molecule has 0 aliphatic carbocycles. The lowest BCUT2D eigenvalue weighted by Gasteiger charge is -2.40. The number of amides is 1. The van der Waals surface area contributed by atoms with Crippen LogP contribution in [0, 0.1) is 5.92 Å². The van der Waals surface area contributed by atoms with Crippen molar-refractivity contribution in [2.75, 3.05) is 39.4 Å². The molecular weight excluding hydrogens is 344 g/mol. The maximum atomic E-state index is 12.8. The minimum Gasteiger partial charge on any atom is -0.445 e. The number of H-pyrrole nitrogens is 1. The van der Waals surface area contributed by atoms with Gasteiger partial charge in [0.25, 0.3) is 0 Å². The molecule has 2 aliphatic heterocycles. The van der Waals surface area contributed by atoms with E-state index >= 15 is 0 Å². The third kappa shape index (κ3) is 4.48. The fourth-order valence-electron chi connectivity index (χ4n) is 3.81. The van der Waals surface area contributed by atoms with Crippen molar-refractivity contribution in [2.24, 2.45) is 5.92 Å². The van der Waals surface area contributed by atoms with Crippen LogP contribution < -0.4 is 0 Å². The molecule has 7 heteroatoms. The zero-order valence-corrected chi connectivity index (χ0v) is 15.4. The molecule has 144 valence electrons. The Hall–Kier alpha value is -2.38. The predicted molar refractivity (Wildman–Crippen MR) is 100 cm³/mol. The molecule has 0 radical (unpaired) electrons. The fraction of sp³-hybridized carbons (Fsp3) is 0.500. The lowest BCUT2D eigenvalue weighted by Crippen LogP contribution is -2.52. The minimum absolute atomic E-state index is 0.126. The van der Waals surface area contributed by atoms with Gasteiger partial charge in [-0.3, -0.25) is 9.80 Å². The van der Waals surface area contributed by atoms with Crippen LogP contribution >= 0.6 is 0 Å². The van der Waals surface area contributed by atoms with Gasteiger partial charge < -0.3 is 14.5 Å². The summed E-state index contributed by atoms with van der Waals surface area (Å²) in [6, 6.07) is 9.63. The molecule has 2 saturated heterocycles. The van der Waals surface area contributed by atoms with E-state index in [0.717, 1.165) is 50.7 Å². The van der Waals surface area contributed by atoms with E-state index in [2.05, 4.69) is 14.9 Å². The smallest absolute Gasteiger partial charge is 0.410 e. The van der Waals surface area contributed by atoms with E-state index < -0.39 is 0 Å². The molecular formula is C20H26N4O3. The van der Waals surface area contributed by atoms with Crippen molar-refractivity contribution in [3.63, 3.8) is 0 Å². The second-order valence-corrected chi connectivity index (χ2v) is 7.21. The van der Waals surface area contributed by atoms with Gasteiger partial charge in [-0.25, -0.2) is 9.78 Å². The average Bonchev–Trinajstić information content (AvgIpc) is 3.41. The molecule has 27 heavy (non-hydrogen) atoms. The van der Waals surface area contributed by atoms with Crippen LogP contribution in [0.4, 0.5) is 4.79 Å². The van der Waals surface area contributed by atoms with Crippen molar-refractivity contribution >= 4 is 6.09 Å². The number of nitrogens with zero attached hydrogens (tertiary/aromatic N) is 3. The molecule has 4 rings (SSSR count). The summed E-state index contributed by atoms with van der Waals surface area (Å²) in [6.45, 7) is 5.21. The zero-order chi connectivity index (χ0) is 18.5. The number of carbonyl (C=O) groups excluding carboxylic acids is 1. The van der Waals surface area contributed by atoms with E-state index in [1.54, 1.807) is 17.3 Å². The van der Waals surface area contributed by atoms with E-state index in [4.69, 9.17) is 9.47 Å². The van der Waals surface area contributed by atoms with Gasteiger partial charge >= 0.3 is 6.09 Å². The van der Waals surface area contributed by atoms with Crippen LogP contribution in [0.1, 0.15) is 23.9 Å². The highest BCUT2D eigenvalue weighted by Gasteiger charge is 2.35. The van der Waals surface area contributed by atoms with Gasteiger partial charge in [-0.05, 0) is 17.9 Å². The molecule has 2 unspecified atom stereocenters. The first kappa shape index (κ1) is 18.0. The number of rotatable bonds is 5. The number of hydrogen-bond donors (Lipinski definition) is 1. The third-order valence-electron chi connectivity index (χ3n) is 5.28. The first-order chi connectivity index (χ1) is 13.3. The lowest BCUT2D eigenvalue weighted by molar-refractivity contribution is 0.0348. The number of benzene rings is 1. The van der Waals surface area contributed by atoms with Crippen molar-refractivity contribution in [2.45, 2.75) is 19.1 Å². The highest BCUT2D eigenvalue weighted by atomic mass is 16.6. The predicted octanol–water partition coefficient (Wildman–Crippen LogP) is 2.44. The van der Waals surface area contributed by atoms with Gasteiger partial charge in [-0.15, -0.1) is 0 Å². The standard InChI is InChI=1S/C20H26N4O3/c25-20(27-15-16-4-2-1-3-5-16)24-10-9-23(12-17-6-11-26-14-17)13-18(24)19-21-7-8-22-19/h1-5,7-8,17-18H,6,9-15H2,(H,21,22). The Morgan fingerprint density at radius 1 is 1.30 bits per heavy atom. The van der Waals surface area contributed by atoms with E-state index in [9.17, 15) is 4.79 Å². The second kappa shape index (κ2) is 8.54. The quantitative estimate of drug-likeness (QED) is 0.875. The number of aromatic nitrogens is 2. The van der Waals surface area contributed by atoms with Crippen molar-refractivity contribution < 1.29 is 14.3 Å². The molecule has 0 spiro atoms. The van der Waals surface area contributed by atoms with E-state index in [1.807, 2.05) is 30.3 Å². The van der Waals surface area contributed by atoms with Gasteiger partial charge in [0, 0.05) is 45.2 Å². The first-order valence-corrected chi connectivity index (χ1v) is 9.56. The number of piperazine rings is 1. The second-order valence-electron chi connectivity index (χ2n) is 7.21. The molecule has 1 amide bonds. The summed E-state index contributed by atoms with van der Waals surface area (Å²) >= 11 is 0. The molecule has 7 nitrogen and oxygen atoms in total.